The van der Waals surface area contributed by atoms with Crippen LogP contribution in [0.4, 0.5) is 10.5 Å². The smallest absolute Gasteiger partial charge is 0.324 e. The molecule has 2 aromatic rings. The van der Waals surface area contributed by atoms with Gasteiger partial charge in [-0.15, -0.1) is 0 Å². The summed E-state index contributed by atoms with van der Waals surface area (Å²) in [6.07, 6.45) is 1.06. The Hall–Kier alpha value is -3.15. The van der Waals surface area contributed by atoms with E-state index in [1.54, 1.807) is 24.3 Å². The maximum atomic E-state index is 12.2. The standard InChI is InChI=1S/C19H19N3O3/c23-17(11-6-14-4-2-1-3-5-14)21-16-9-7-15(8-10-16)18(24)22-13-12-20-19(22)25/h1-5,7-10H,6,11-13H2,(H,20,25)(H,21,23). The van der Waals surface area contributed by atoms with E-state index >= 15 is 0 Å². The molecule has 2 N–H and O–H groups in total. The maximum Gasteiger partial charge on any atom is 0.324 e. The second-order valence-corrected chi connectivity index (χ2v) is 5.80. The topological polar surface area (TPSA) is 78.5 Å². The highest BCUT2D eigenvalue weighted by Crippen LogP contribution is 2.13. The predicted octanol–water partition coefficient (Wildman–Crippen LogP) is 2.42. The zero-order valence-electron chi connectivity index (χ0n) is 13.7. The van der Waals surface area contributed by atoms with Gasteiger partial charge in [-0.05, 0) is 36.2 Å². The first-order valence-corrected chi connectivity index (χ1v) is 8.17. The van der Waals surface area contributed by atoms with Crippen molar-refractivity contribution in [1.29, 1.82) is 0 Å². The van der Waals surface area contributed by atoms with Crippen molar-refractivity contribution in [2.75, 3.05) is 18.4 Å². The number of amides is 4. The molecule has 0 atom stereocenters. The number of benzene rings is 2. The largest absolute Gasteiger partial charge is 0.336 e. The van der Waals surface area contributed by atoms with Gasteiger partial charge in [-0.3, -0.25) is 14.5 Å². The van der Waals surface area contributed by atoms with Crippen molar-refractivity contribution in [3.05, 3.63) is 65.7 Å². The number of anilines is 1. The van der Waals surface area contributed by atoms with Crippen molar-refractivity contribution >= 4 is 23.5 Å². The first kappa shape index (κ1) is 16.7. The van der Waals surface area contributed by atoms with Gasteiger partial charge in [0.15, 0.2) is 0 Å². The quantitative estimate of drug-likeness (QED) is 0.879. The molecule has 25 heavy (non-hydrogen) atoms. The average molecular weight is 337 g/mol. The van der Waals surface area contributed by atoms with Crippen molar-refractivity contribution in [2.45, 2.75) is 12.8 Å². The van der Waals surface area contributed by atoms with Crippen molar-refractivity contribution in [3.8, 4) is 0 Å². The van der Waals surface area contributed by atoms with Crippen molar-refractivity contribution in [2.24, 2.45) is 0 Å². The van der Waals surface area contributed by atoms with E-state index < -0.39 is 0 Å². The number of carbonyl (C=O) groups excluding carboxylic acids is 3. The van der Waals surface area contributed by atoms with E-state index in [4.69, 9.17) is 0 Å². The summed E-state index contributed by atoms with van der Waals surface area (Å²) in [5.74, 6) is -0.418. The number of hydrogen-bond donors (Lipinski definition) is 2. The minimum atomic E-state index is -0.372. The van der Waals surface area contributed by atoms with E-state index in [-0.39, 0.29) is 17.8 Å². The van der Waals surface area contributed by atoms with Gasteiger partial charge in [0.25, 0.3) is 5.91 Å². The highest BCUT2D eigenvalue weighted by Gasteiger charge is 2.26. The Kier molecular flexibility index (Phi) is 5.09. The second-order valence-electron chi connectivity index (χ2n) is 5.80. The summed E-state index contributed by atoms with van der Waals surface area (Å²) in [4.78, 5) is 36.9. The van der Waals surface area contributed by atoms with Gasteiger partial charge in [0.05, 0.1) is 0 Å². The molecule has 6 heteroatoms. The van der Waals surface area contributed by atoms with E-state index in [2.05, 4.69) is 10.6 Å². The van der Waals surface area contributed by atoms with Crippen molar-refractivity contribution in [1.82, 2.24) is 10.2 Å². The van der Waals surface area contributed by atoms with Crippen LogP contribution >= 0.6 is 0 Å². The summed E-state index contributed by atoms with van der Waals surface area (Å²) in [7, 11) is 0. The molecule has 0 unspecified atom stereocenters. The Morgan fingerprint density at radius 3 is 2.40 bits per heavy atom. The summed E-state index contributed by atoms with van der Waals surface area (Å²) in [5, 5.41) is 5.41. The number of hydrogen-bond acceptors (Lipinski definition) is 3. The Bertz CT molecular complexity index is 772. The van der Waals surface area contributed by atoms with Crippen LogP contribution in [0.1, 0.15) is 22.3 Å². The van der Waals surface area contributed by atoms with Crippen LogP contribution in [-0.4, -0.2) is 35.8 Å². The summed E-state index contributed by atoms with van der Waals surface area (Å²) in [6, 6.07) is 16.0. The minimum absolute atomic E-state index is 0.0816. The van der Waals surface area contributed by atoms with Gasteiger partial charge < -0.3 is 10.6 Å². The second kappa shape index (κ2) is 7.61. The molecule has 128 valence electrons. The average Bonchev–Trinajstić information content (AvgIpc) is 3.07. The first-order chi connectivity index (χ1) is 12.1. The minimum Gasteiger partial charge on any atom is -0.336 e. The van der Waals surface area contributed by atoms with Crippen molar-refractivity contribution in [3.63, 3.8) is 0 Å². The molecule has 0 radical (unpaired) electrons. The molecule has 1 aliphatic rings. The molecule has 0 aromatic heterocycles. The lowest BCUT2D eigenvalue weighted by molar-refractivity contribution is -0.116. The number of rotatable bonds is 5. The fourth-order valence-corrected chi connectivity index (χ4v) is 2.64. The Morgan fingerprint density at radius 2 is 1.76 bits per heavy atom. The van der Waals surface area contributed by atoms with Gasteiger partial charge >= 0.3 is 6.03 Å². The lowest BCUT2D eigenvalue weighted by Crippen LogP contribution is -2.34. The van der Waals surface area contributed by atoms with Gasteiger partial charge in [-0.25, -0.2) is 4.79 Å². The molecule has 1 heterocycles. The normalized spacial score (nSPS) is 13.4. The Labute approximate surface area is 145 Å². The molecule has 0 saturated carbocycles. The number of imide groups is 1. The third-order valence-electron chi connectivity index (χ3n) is 4.00. The number of nitrogens with one attached hydrogen (secondary N) is 2. The SMILES string of the molecule is O=C(CCc1ccccc1)Nc1ccc(C(=O)N2CCNC2=O)cc1. The van der Waals surface area contributed by atoms with Crippen LogP contribution in [0.15, 0.2) is 54.6 Å². The van der Waals surface area contributed by atoms with E-state index in [0.29, 0.717) is 37.2 Å². The third kappa shape index (κ3) is 4.23. The number of nitrogens with zero attached hydrogens (tertiary/aromatic N) is 1. The van der Waals surface area contributed by atoms with Gasteiger partial charge in [-0.2, -0.15) is 0 Å². The highest BCUT2D eigenvalue weighted by molar-refractivity contribution is 6.05. The van der Waals surface area contributed by atoms with Crippen molar-refractivity contribution < 1.29 is 14.4 Å². The van der Waals surface area contributed by atoms with E-state index in [1.165, 1.54) is 4.90 Å². The molecule has 4 amide bonds. The van der Waals surface area contributed by atoms with Crippen LogP contribution in [0.25, 0.3) is 0 Å². The van der Waals surface area contributed by atoms with Gasteiger partial charge in [0.1, 0.15) is 0 Å². The van der Waals surface area contributed by atoms with Gasteiger partial charge in [-0.1, -0.05) is 30.3 Å². The number of aryl methyl sites for hydroxylation is 1. The van der Waals surface area contributed by atoms with E-state index in [9.17, 15) is 14.4 Å². The van der Waals surface area contributed by atoms with Crippen LogP contribution in [0.3, 0.4) is 0 Å². The molecule has 0 bridgehead atoms. The monoisotopic (exact) mass is 337 g/mol. The first-order valence-electron chi connectivity index (χ1n) is 8.17. The molecule has 3 rings (SSSR count). The van der Waals surface area contributed by atoms with E-state index in [1.807, 2.05) is 30.3 Å². The molecule has 0 aliphatic carbocycles. The number of carbonyl (C=O) groups is 3. The molecule has 2 aromatic carbocycles. The van der Waals surface area contributed by atoms with Crippen LogP contribution < -0.4 is 10.6 Å². The lowest BCUT2D eigenvalue weighted by Gasteiger charge is -2.12. The zero-order valence-corrected chi connectivity index (χ0v) is 13.7. The fraction of sp³-hybridized carbons (Fsp3) is 0.211. The maximum absolute atomic E-state index is 12.2. The Balaban J connectivity index is 1.54. The summed E-state index contributed by atoms with van der Waals surface area (Å²) < 4.78 is 0. The molecule has 1 saturated heterocycles. The molecule has 1 fully saturated rings. The molecular formula is C19H19N3O3. The molecule has 6 nitrogen and oxygen atoms in total. The summed E-state index contributed by atoms with van der Waals surface area (Å²) in [6.45, 7) is 0.843. The molecule has 0 spiro atoms. The van der Waals surface area contributed by atoms with Crippen LogP contribution in [0.5, 0.6) is 0 Å². The molecular weight excluding hydrogens is 318 g/mol. The third-order valence-corrected chi connectivity index (χ3v) is 4.00. The zero-order chi connectivity index (χ0) is 17.6. The summed E-state index contributed by atoms with van der Waals surface area (Å²) >= 11 is 0. The molecule has 1 aliphatic heterocycles. The van der Waals surface area contributed by atoms with Crippen LogP contribution in [0, 0.1) is 0 Å². The highest BCUT2D eigenvalue weighted by atomic mass is 16.2. The summed E-state index contributed by atoms with van der Waals surface area (Å²) in [5.41, 5.74) is 2.15. The fourth-order valence-electron chi connectivity index (χ4n) is 2.64. The van der Waals surface area contributed by atoms with Gasteiger partial charge in [0, 0.05) is 30.8 Å². The predicted molar refractivity (Wildman–Crippen MR) is 94.3 cm³/mol. The van der Waals surface area contributed by atoms with E-state index in [0.717, 1.165) is 5.56 Å². The van der Waals surface area contributed by atoms with Crippen LogP contribution in [0.2, 0.25) is 0 Å². The van der Waals surface area contributed by atoms with Gasteiger partial charge in [0.2, 0.25) is 5.91 Å². The number of urea groups is 1. The Morgan fingerprint density at radius 1 is 1.04 bits per heavy atom. The lowest BCUT2D eigenvalue weighted by atomic mass is 10.1. The van der Waals surface area contributed by atoms with Crippen LogP contribution in [-0.2, 0) is 11.2 Å².